The summed E-state index contributed by atoms with van der Waals surface area (Å²) < 4.78 is 5.56. The Balaban J connectivity index is 1.79. The highest BCUT2D eigenvalue weighted by molar-refractivity contribution is 6.04. The summed E-state index contributed by atoms with van der Waals surface area (Å²) in [7, 11) is 0. The fraction of sp³-hybridized carbons (Fsp3) is 0.417. The number of rotatable bonds is 8. The molecule has 7 heteroatoms. The molecule has 1 aliphatic heterocycles. The lowest BCUT2D eigenvalue weighted by Gasteiger charge is -2.23. The molecule has 2 aromatic carbocycles. The maximum Gasteiger partial charge on any atom is 0.323 e. The number of hydrogen-bond acceptors (Lipinski definition) is 4. The van der Waals surface area contributed by atoms with Crippen molar-refractivity contribution in [2.45, 2.75) is 46.1 Å². The topological polar surface area (TPSA) is 82.7 Å². The molecular formula is C24H32N4O3. The summed E-state index contributed by atoms with van der Waals surface area (Å²) >= 11 is 0. The van der Waals surface area contributed by atoms with Crippen LogP contribution in [0, 0.1) is 0 Å². The van der Waals surface area contributed by atoms with Crippen LogP contribution in [0.5, 0.6) is 5.75 Å². The van der Waals surface area contributed by atoms with E-state index in [1.807, 2.05) is 45.0 Å². The van der Waals surface area contributed by atoms with Crippen LogP contribution in [0.25, 0.3) is 0 Å². The predicted octanol–water partition coefficient (Wildman–Crippen LogP) is 4.86. The Morgan fingerprint density at radius 2 is 1.81 bits per heavy atom. The zero-order chi connectivity index (χ0) is 22.2. The van der Waals surface area contributed by atoms with Gasteiger partial charge in [0.2, 0.25) is 0 Å². The number of nitrogens with zero attached hydrogens (tertiary/aromatic N) is 1. The molecule has 2 aromatic rings. The van der Waals surface area contributed by atoms with Crippen LogP contribution in [0.15, 0.2) is 42.5 Å². The quantitative estimate of drug-likeness (QED) is 0.565. The molecule has 1 saturated heterocycles. The summed E-state index contributed by atoms with van der Waals surface area (Å²) in [5.41, 5.74) is 2.63. The Kier molecular flexibility index (Phi) is 7.76. The third kappa shape index (κ3) is 5.90. The summed E-state index contributed by atoms with van der Waals surface area (Å²) in [6, 6.07) is 12.5. The van der Waals surface area contributed by atoms with Crippen LogP contribution in [0.2, 0.25) is 0 Å². The van der Waals surface area contributed by atoms with Crippen molar-refractivity contribution in [2.75, 3.05) is 35.2 Å². The molecule has 0 bridgehead atoms. The SMILES string of the molecule is CCOc1ccccc1NC(=O)Nc1ccc(N2CCCC2)c(C(=O)N[C@@H](C)CC)c1. The van der Waals surface area contributed by atoms with E-state index in [2.05, 4.69) is 20.9 Å². The summed E-state index contributed by atoms with van der Waals surface area (Å²) in [6.45, 7) is 8.29. The molecule has 166 valence electrons. The van der Waals surface area contributed by atoms with Crippen LogP contribution in [-0.4, -0.2) is 37.7 Å². The molecule has 1 aliphatic rings. The lowest BCUT2D eigenvalue weighted by atomic mass is 10.1. The smallest absolute Gasteiger partial charge is 0.323 e. The van der Waals surface area contributed by atoms with E-state index in [-0.39, 0.29) is 11.9 Å². The van der Waals surface area contributed by atoms with Gasteiger partial charge in [-0.15, -0.1) is 0 Å². The third-order valence-corrected chi connectivity index (χ3v) is 5.37. The number of urea groups is 1. The van der Waals surface area contributed by atoms with Crippen molar-refractivity contribution in [3.63, 3.8) is 0 Å². The average molecular weight is 425 g/mol. The Bertz CT molecular complexity index is 909. The number of carbonyl (C=O) groups is 2. The predicted molar refractivity (Wildman–Crippen MR) is 125 cm³/mol. The van der Waals surface area contributed by atoms with E-state index in [4.69, 9.17) is 4.74 Å². The fourth-order valence-electron chi connectivity index (χ4n) is 3.57. The van der Waals surface area contributed by atoms with Crippen LogP contribution < -0.4 is 25.6 Å². The molecule has 7 nitrogen and oxygen atoms in total. The number of anilines is 3. The summed E-state index contributed by atoms with van der Waals surface area (Å²) in [6.07, 6.45) is 3.09. The second-order valence-corrected chi connectivity index (χ2v) is 7.72. The zero-order valence-corrected chi connectivity index (χ0v) is 18.5. The number of para-hydroxylation sites is 2. The second-order valence-electron chi connectivity index (χ2n) is 7.72. The molecule has 0 saturated carbocycles. The number of carbonyl (C=O) groups excluding carboxylic acids is 2. The van der Waals surface area contributed by atoms with Gasteiger partial charge < -0.3 is 25.6 Å². The van der Waals surface area contributed by atoms with Crippen molar-refractivity contribution in [1.29, 1.82) is 0 Å². The van der Waals surface area contributed by atoms with Gasteiger partial charge in [-0.3, -0.25) is 4.79 Å². The van der Waals surface area contributed by atoms with Crippen molar-refractivity contribution in [2.24, 2.45) is 0 Å². The number of nitrogens with one attached hydrogen (secondary N) is 3. The molecule has 0 spiro atoms. The largest absolute Gasteiger partial charge is 0.492 e. The Morgan fingerprint density at radius 1 is 1.06 bits per heavy atom. The molecule has 31 heavy (non-hydrogen) atoms. The Hall–Kier alpha value is -3.22. The molecule has 1 heterocycles. The lowest BCUT2D eigenvalue weighted by Crippen LogP contribution is -2.33. The minimum absolute atomic E-state index is 0.0777. The molecule has 3 rings (SSSR count). The Labute approximate surface area is 184 Å². The molecule has 0 unspecified atom stereocenters. The van der Waals surface area contributed by atoms with Gasteiger partial charge >= 0.3 is 6.03 Å². The minimum atomic E-state index is -0.394. The first-order valence-corrected chi connectivity index (χ1v) is 11.0. The van der Waals surface area contributed by atoms with E-state index in [1.165, 1.54) is 0 Å². The minimum Gasteiger partial charge on any atom is -0.492 e. The number of hydrogen-bond donors (Lipinski definition) is 3. The maximum atomic E-state index is 13.0. The van der Waals surface area contributed by atoms with Crippen LogP contribution in [0.3, 0.4) is 0 Å². The van der Waals surface area contributed by atoms with Gasteiger partial charge in [0.05, 0.1) is 17.9 Å². The van der Waals surface area contributed by atoms with Crippen molar-refractivity contribution < 1.29 is 14.3 Å². The number of benzene rings is 2. The van der Waals surface area contributed by atoms with Crippen LogP contribution in [0.4, 0.5) is 21.9 Å². The molecular weight excluding hydrogens is 392 g/mol. The van der Waals surface area contributed by atoms with Crippen molar-refractivity contribution in [3.8, 4) is 5.75 Å². The first-order valence-electron chi connectivity index (χ1n) is 11.0. The zero-order valence-electron chi connectivity index (χ0n) is 18.5. The summed E-state index contributed by atoms with van der Waals surface area (Å²) in [4.78, 5) is 27.8. The highest BCUT2D eigenvalue weighted by atomic mass is 16.5. The fourth-order valence-corrected chi connectivity index (χ4v) is 3.57. The first kappa shape index (κ1) is 22.5. The van der Waals surface area contributed by atoms with Gasteiger partial charge in [0, 0.05) is 30.5 Å². The molecule has 3 N–H and O–H groups in total. The molecule has 0 aliphatic carbocycles. The van der Waals surface area contributed by atoms with Gasteiger partial charge in [0.1, 0.15) is 5.75 Å². The van der Waals surface area contributed by atoms with Gasteiger partial charge in [0.25, 0.3) is 5.91 Å². The normalized spacial score (nSPS) is 14.1. The van der Waals surface area contributed by atoms with Gasteiger partial charge in [-0.2, -0.15) is 0 Å². The van der Waals surface area contributed by atoms with E-state index in [9.17, 15) is 9.59 Å². The molecule has 0 radical (unpaired) electrons. The van der Waals surface area contributed by atoms with Gasteiger partial charge in [-0.05, 0) is 63.4 Å². The van der Waals surface area contributed by atoms with Gasteiger partial charge in [-0.1, -0.05) is 19.1 Å². The second kappa shape index (κ2) is 10.7. The molecule has 3 amide bonds. The van der Waals surface area contributed by atoms with Crippen molar-refractivity contribution in [3.05, 3.63) is 48.0 Å². The molecule has 1 fully saturated rings. The van der Waals surface area contributed by atoms with E-state index in [0.717, 1.165) is 38.0 Å². The third-order valence-electron chi connectivity index (χ3n) is 5.37. The highest BCUT2D eigenvalue weighted by Crippen LogP contribution is 2.28. The first-order chi connectivity index (χ1) is 15.0. The molecule has 0 aromatic heterocycles. The van der Waals surface area contributed by atoms with Crippen LogP contribution >= 0.6 is 0 Å². The van der Waals surface area contributed by atoms with Crippen LogP contribution in [-0.2, 0) is 0 Å². The average Bonchev–Trinajstić information content (AvgIpc) is 3.30. The lowest BCUT2D eigenvalue weighted by molar-refractivity contribution is 0.0939. The molecule has 1 atom stereocenters. The standard InChI is InChI=1S/C24H32N4O3/c1-4-17(3)25-23(29)19-16-18(12-13-21(19)28-14-8-9-15-28)26-24(30)27-20-10-6-7-11-22(20)31-5-2/h6-7,10-13,16-17H,4-5,8-9,14-15H2,1-3H3,(H,25,29)(H2,26,27,30)/t17-/m0/s1. The van der Waals surface area contributed by atoms with Gasteiger partial charge in [-0.25, -0.2) is 4.79 Å². The van der Waals surface area contributed by atoms with E-state index in [0.29, 0.717) is 29.3 Å². The van der Waals surface area contributed by atoms with Gasteiger partial charge in [0.15, 0.2) is 0 Å². The van der Waals surface area contributed by atoms with Crippen molar-refractivity contribution >= 4 is 29.0 Å². The number of ether oxygens (including phenoxy) is 1. The summed E-state index contributed by atoms with van der Waals surface area (Å²) in [5, 5.41) is 8.69. The Morgan fingerprint density at radius 3 is 2.52 bits per heavy atom. The van der Waals surface area contributed by atoms with Crippen molar-refractivity contribution in [1.82, 2.24) is 5.32 Å². The van der Waals surface area contributed by atoms with Crippen LogP contribution in [0.1, 0.15) is 50.4 Å². The number of amides is 3. The van der Waals surface area contributed by atoms with E-state index in [1.54, 1.807) is 18.2 Å². The monoisotopic (exact) mass is 424 g/mol. The summed E-state index contributed by atoms with van der Waals surface area (Å²) in [5.74, 6) is 0.486. The highest BCUT2D eigenvalue weighted by Gasteiger charge is 2.21. The maximum absolute atomic E-state index is 13.0. The van der Waals surface area contributed by atoms with E-state index < -0.39 is 6.03 Å². The van der Waals surface area contributed by atoms with E-state index >= 15 is 0 Å².